The van der Waals surface area contributed by atoms with Crippen LogP contribution in [0.3, 0.4) is 0 Å². The van der Waals surface area contributed by atoms with Crippen molar-refractivity contribution in [3.05, 3.63) is 32.6 Å². The molecule has 0 aromatic carbocycles. The summed E-state index contributed by atoms with van der Waals surface area (Å²) < 4.78 is 11.0. The van der Waals surface area contributed by atoms with Gasteiger partial charge in [0.2, 0.25) is 0 Å². The van der Waals surface area contributed by atoms with E-state index in [1.54, 1.807) is 36.9 Å². The lowest BCUT2D eigenvalue weighted by Crippen LogP contribution is -1.98. The zero-order valence-electron chi connectivity index (χ0n) is 11.4. The number of ether oxygens (including phenoxy) is 2. The van der Waals surface area contributed by atoms with Gasteiger partial charge in [-0.3, -0.25) is 0 Å². The second-order valence-electron chi connectivity index (χ2n) is 4.00. The van der Waals surface area contributed by atoms with Gasteiger partial charge in [0.1, 0.15) is 11.5 Å². The van der Waals surface area contributed by atoms with Gasteiger partial charge in [-0.25, -0.2) is 0 Å². The van der Waals surface area contributed by atoms with Crippen molar-refractivity contribution in [2.45, 2.75) is 11.7 Å². The fraction of sp³-hybridized carbons (Fsp3) is 0.429. The first kappa shape index (κ1) is 16.2. The highest BCUT2D eigenvalue weighted by molar-refractivity contribution is 9.09. The van der Waals surface area contributed by atoms with Gasteiger partial charge in [-0.15, -0.1) is 34.4 Å². The van der Waals surface area contributed by atoms with E-state index in [4.69, 9.17) is 9.47 Å². The quantitative estimate of drug-likeness (QED) is 0.440. The summed E-state index contributed by atoms with van der Waals surface area (Å²) in [6, 6.07) is 4.08. The first-order valence-corrected chi connectivity index (χ1v) is 10.1. The molecule has 0 bridgehead atoms. The van der Waals surface area contributed by atoms with Crippen molar-refractivity contribution in [2.24, 2.45) is 0 Å². The molecule has 2 nitrogen and oxygen atoms in total. The van der Waals surface area contributed by atoms with Gasteiger partial charge in [0.15, 0.2) is 0 Å². The fourth-order valence-corrected chi connectivity index (χ4v) is 6.11. The second kappa shape index (κ2) is 8.32. The third-order valence-electron chi connectivity index (χ3n) is 2.79. The number of halogens is 1. The maximum atomic E-state index is 5.50. The molecular weight excluding hydrogens is 376 g/mol. The largest absolute Gasteiger partial charge is 0.496 e. The van der Waals surface area contributed by atoms with Crippen molar-refractivity contribution in [1.29, 1.82) is 0 Å². The number of hydrogen-bond acceptors (Lipinski definition) is 5. The van der Waals surface area contributed by atoms with Gasteiger partial charge in [0.25, 0.3) is 0 Å². The molecule has 0 aliphatic carbocycles. The molecule has 0 fully saturated rings. The van der Waals surface area contributed by atoms with E-state index in [1.807, 2.05) is 23.9 Å². The Kier molecular flexibility index (Phi) is 6.74. The zero-order chi connectivity index (χ0) is 14.4. The average Bonchev–Trinajstić information content (AvgIpc) is 3.12. The van der Waals surface area contributed by atoms with Crippen molar-refractivity contribution in [2.75, 3.05) is 25.3 Å². The van der Waals surface area contributed by atoms with Crippen molar-refractivity contribution >= 4 is 50.4 Å². The predicted molar refractivity (Wildman–Crippen MR) is 94.5 cm³/mol. The minimum absolute atomic E-state index is 0.291. The molecule has 0 aliphatic rings. The van der Waals surface area contributed by atoms with Crippen molar-refractivity contribution < 1.29 is 9.47 Å². The van der Waals surface area contributed by atoms with Crippen LogP contribution in [-0.2, 0) is 0 Å². The summed E-state index contributed by atoms with van der Waals surface area (Å²) in [5.74, 6) is 3.06. The van der Waals surface area contributed by atoms with Crippen LogP contribution in [0, 0.1) is 0 Å². The van der Waals surface area contributed by atoms with Crippen molar-refractivity contribution in [3.8, 4) is 11.5 Å². The van der Waals surface area contributed by atoms with Crippen LogP contribution < -0.4 is 9.47 Å². The monoisotopic (exact) mass is 392 g/mol. The summed E-state index contributed by atoms with van der Waals surface area (Å²) in [6.07, 6.45) is 1.16. The topological polar surface area (TPSA) is 18.5 Å². The van der Waals surface area contributed by atoms with E-state index in [1.165, 1.54) is 9.75 Å². The molecular formula is C14H17BrO2S3. The number of rotatable bonds is 8. The van der Waals surface area contributed by atoms with Gasteiger partial charge < -0.3 is 9.47 Å². The summed E-state index contributed by atoms with van der Waals surface area (Å²) in [6.45, 7) is 0. The van der Waals surface area contributed by atoms with Gasteiger partial charge in [0.05, 0.1) is 29.2 Å². The third-order valence-corrected chi connectivity index (χ3v) is 6.91. The summed E-state index contributed by atoms with van der Waals surface area (Å²) in [5.41, 5.74) is 0. The molecule has 0 atom stereocenters. The maximum absolute atomic E-state index is 5.50. The van der Waals surface area contributed by atoms with Crippen LogP contribution in [0.25, 0.3) is 0 Å². The van der Waals surface area contributed by atoms with E-state index in [2.05, 4.69) is 26.7 Å². The highest BCUT2D eigenvalue weighted by Crippen LogP contribution is 2.48. The first-order chi connectivity index (χ1) is 9.81. The molecule has 20 heavy (non-hydrogen) atoms. The van der Waals surface area contributed by atoms with E-state index >= 15 is 0 Å². The lowest BCUT2D eigenvalue weighted by atomic mass is 10.2. The maximum Gasteiger partial charge on any atom is 0.134 e. The predicted octanol–water partition coefficient (Wildman–Crippen LogP) is 5.43. The first-order valence-electron chi connectivity index (χ1n) is 6.22. The van der Waals surface area contributed by atoms with E-state index in [0.29, 0.717) is 5.25 Å². The van der Waals surface area contributed by atoms with Crippen LogP contribution in [-0.4, -0.2) is 25.3 Å². The Labute approximate surface area is 140 Å². The van der Waals surface area contributed by atoms with E-state index in [9.17, 15) is 0 Å². The molecule has 0 N–H and O–H groups in total. The Morgan fingerprint density at radius 3 is 2.10 bits per heavy atom. The molecule has 0 spiro atoms. The minimum atomic E-state index is 0.291. The fourth-order valence-electron chi connectivity index (χ4n) is 1.86. The molecule has 6 heteroatoms. The lowest BCUT2D eigenvalue weighted by Gasteiger charge is -2.16. The second-order valence-corrected chi connectivity index (χ2v) is 7.90. The normalized spacial score (nSPS) is 11.0. The molecule has 2 aromatic heterocycles. The van der Waals surface area contributed by atoms with Gasteiger partial charge in [-0.05, 0) is 35.1 Å². The van der Waals surface area contributed by atoms with Crippen molar-refractivity contribution in [3.63, 3.8) is 0 Å². The smallest absolute Gasteiger partial charge is 0.134 e. The summed E-state index contributed by atoms with van der Waals surface area (Å²) >= 11 is 8.95. The Morgan fingerprint density at radius 1 is 1.10 bits per heavy atom. The number of hydrogen-bond donors (Lipinski definition) is 0. The average molecular weight is 393 g/mol. The molecule has 0 aliphatic heterocycles. The Balaban J connectivity index is 2.29. The standard InChI is InChI=1S/C14H17BrO2S3/c1-16-10-4-8-19-12(10)14(18-7-3-6-15)13-11(17-2)5-9-20-13/h4-5,8-9,14H,3,6-7H2,1-2H3. The van der Waals surface area contributed by atoms with Gasteiger partial charge >= 0.3 is 0 Å². The van der Waals surface area contributed by atoms with Crippen LogP contribution in [0.5, 0.6) is 11.5 Å². The lowest BCUT2D eigenvalue weighted by molar-refractivity contribution is 0.408. The summed E-state index contributed by atoms with van der Waals surface area (Å²) in [5, 5.41) is 5.51. The Hall–Kier alpha value is -0.170. The van der Waals surface area contributed by atoms with Crippen LogP contribution in [0.2, 0.25) is 0 Å². The molecule has 0 radical (unpaired) electrons. The highest BCUT2D eigenvalue weighted by atomic mass is 79.9. The Bertz CT molecular complexity index is 482. The zero-order valence-corrected chi connectivity index (χ0v) is 15.5. The van der Waals surface area contributed by atoms with E-state index < -0.39 is 0 Å². The number of thioether (sulfide) groups is 1. The number of thiophene rings is 2. The minimum Gasteiger partial charge on any atom is -0.496 e. The molecule has 2 rings (SSSR count). The van der Waals surface area contributed by atoms with E-state index in [0.717, 1.165) is 29.0 Å². The Morgan fingerprint density at radius 2 is 1.65 bits per heavy atom. The van der Waals surface area contributed by atoms with Crippen LogP contribution in [0.15, 0.2) is 22.9 Å². The summed E-state index contributed by atoms with van der Waals surface area (Å²) in [7, 11) is 3.47. The van der Waals surface area contributed by atoms with Crippen LogP contribution in [0.4, 0.5) is 0 Å². The van der Waals surface area contributed by atoms with Crippen LogP contribution >= 0.6 is 50.4 Å². The number of methoxy groups -OCH3 is 2. The highest BCUT2D eigenvalue weighted by Gasteiger charge is 2.24. The molecule has 0 unspecified atom stereocenters. The van der Waals surface area contributed by atoms with Crippen molar-refractivity contribution in [1.82, 2.24) is 0 Å². The molecule has 0 saturated carbocycles. The summed E-state index contributed by atoms with van der Waals surface area (Å²) in [4.78, 5) is 2.54. The molecule has 0 amide bonds. The number of alkyl halides is 1. The van der Waals surface area contributed by atoms with Crippen LogP contribution in [0.1, 0.15) is 21.4 Å². The third kappa shape index (κ3) is 3.72. The molecule has 0 saturated heterocycles. The van der Waals surface area contributed by atoms with Gasteiger partial charge in [-0.1, -0.05) is 15.9 Å². The molecule has 2 aromatic rings. The SMILES string of the molecule is COc1ccsc1C(SCCCBr)c1sccc1OC. The molecule has 2 heterocycles. The van der Waals surface area contributed by atoms with E-state index in [-0.39, 0.29) is 0 Å². The molecule has 110 valence electrons. The van der Waals surface area contributed by atoms with Gasteiger partial charge in [-0.2, -0.15) is 0 Å². The van der Waals surface area contributed by atoms with Gasteiger partial charge in [0, 0.05) is 5.33 Å².